The Morgan fingerprint density at radius 3 is 2.73 bits per heavy atom. The van der Waals surface area contributed by atoms with E-state index in [4.69, 9.17) is 16.3 Å². The Hall–Kier alpha value is -1.10. The third-order valence-corrected chi connectivity index (χ3v) is 5.29. The SMILES string of the molecule is CN1CCc2c(Cl)ccc3sc(C(=O)OC(C)(C)C)c(c23)C1. The molecular formula is C17H20ClNO2S. The molecule has 0 saturated heterocycles. The Morgan fingerprint density at radius 2 is 2.05 bits per heavy atom. The number of ether oxygens (including phenoxy) is 1. The predicted molar refractivity (Wildman–Crippen MR) is 92.0 cm³/mol. The first-order valence-electron chi connectivity index (χ1n) is 7.41. The lowest BCUT2D eigenvalue weighted by Gasteiger charge is -2.20. The first kappa shape index (κ1) is 15.8. The van der Waals surface area contributed by atoms with Crippen molar-refractivity contribution >= 4 is 39.0 Å². The highest BCUT2D eigenvalue weighted by Gasteiger charge is 2.27. The molecule has 2 heterocycles. The van der Waals surface area contributed by atoms with Gasteiger partial charge in [0.25, 0.3) is 0 Å². The summed E-state index contributed by atoms with van der Waals surface area (Å²) in [7, 11) is 2.07. The highest BCUT2D eigenvalue weighted by molar-refractivity contribution is 7.21. The molecule has 2 aromatic rings. The zero-order valence-electron chi connectivity index (χ0n) is 13.3. The summed E-state index contributed by atoms with van der Waals surface area (Å²) in [4.78, 5) is 15.5. The van der Waals surface area contributed by atoms with E-state index in [0.717, 1.165) is 45.7 Å². The maximum atomic E-state index is 12.6. The molecule has 22 heavy (non-hydrogen) atoms. The van der Waals surface area contributed by atoms with Crippen molar-refractivity contribution in [1.29, 1.82) is 0 Å². The Balaban J connectivity index is 2.18. The number of hydrogen-bond acceptors (Lipinski definition) is 4. The number of likely N-dealkylation sites (N-methyl/N-ethyl adjacent to an activating group) is 1. The molecule has 0 amide bonds. The van der Waals surface area contributed by atoms with Gasteiger partial charge >= 0.3 is 5.97 Å². The fraction of sp³-hybridized carbons (Fsp3) is 0.471. The summed E-state index contributed by atoms with van der Waals surface area (Å²) in [6.45, 7) is 7.37. The van der Waals surface area contributed by atoms with Gasteiger partial charge in [-0.2, -0.15) is 0 Å². The summed E-state index contributed by atoms with van der Waals surface area (Å²) < 4.78 is 6.70. The second kappa shape index (κ2) is 5.52. The van der Waals surface area contributed by atoms with E-state index in [1.54, 1.807) is 0 Å². The fourth-order valence-electron chi connectivity index (χ4n) is 2.84. The predicted octanol–water partition coefficient (Wildman–Crippen LogP) is 4.50. The smallest absolute Gasteiger partial charge is 0.349 e. The molecule has 0 spiro atoms. The second-order valence-corrected chi connectivity index (χ2v) is 8.26. The first-order chi connectivity index (χ1) is 10.3. The minimum Gasteiger partial charge on any atom is -0.456 e. The molecule has 0 fully saturated rings. The van der Waals surface area contributed by atoms with E-state index in [1.165, 1.54) is 11.3 Å². The van der Waals surface area contributed by atoms with Crippen LogP contribution in [0, 0.1) is 0 Å². The first-order valence-corrected chi connectivity index (χ1v) is 8.60. The summed E-state index contributed by atoms with van der Waals surface area (Å²) >= 11 is 7.91. The van der Waals surface area contributed by atoms with E-state index in [2.05, 4.69) is 11.9 Å². The molecule has 1 aliphatic heterocycles. The van der Waals surface area contributed by atoms with Crippen molar-refractivity contribution in [2.45, 2.75) is 39.3 Å². The maximum absolute atomic E-state index is 12.6. The molecule has 0 unspecified atom stereocenters. The van der Waals surface area contributed by atoms with Crippen LogP contribution in [0.2, 0.25) is 5.02 Å². The summed E-state index contributed by atoms with van der Waals surface area (Å²) in [6, 6.07) is 3.94. The van der Waals surface area contributed by atoms with Crippen LogP contribution in [0.1, 0.15) is 41.6 Å². The van der Waals surface area contributed by atoms with Gasteiger partial charge in [0.2, 0.25) is 0 Å². The van der Waals surface area contributed by atoms with Crippen LogP contribution in [0.15, 0.2) is 12.1 Å². The summed E-state index contributed by atoms with van der Waals surface area (Å²) in [5.74, 6) is -0.235. The largest absolute Gasteiger partial charge is 0.456 e. The maximum Gasteiger partial charge on any atom is 0.349 e. The van der Waals surface area contributed by atoms with Crippen LogP contribution in [0.3, 0.4) is 0 Å². The van der Waals surface area contributed by atoms with Gasteiger partial charge in [-0.3, -0.25) is 0 Å². The van der Waals surface area contributed by atoms with Crippen molar-refractivity contribution in [1.82, 2.24) is 4.90 Å². The van der Waals surface area contributed by atoms with Gasteiger partial charge in [0.05, 0.1) is 0 Å². The lowest BCUT2D eigenvalue weighted by Crippen LogP contribution is -2.25. The fourth-order valence-corrected chi connectivity index (χ4v) is 4.21. The molecule has 5 heteroatoms. The van der Waals surface area contributed by atoms with Crippen LogP contribution in [-0.2, 0) is 17.7 Å². The molecule has 0 bridgehead atoms. The molecule has 0 radical (unpaired) electrons. The third kappa shape index (κ3) is 2.87. The van der Waals surface area contributed by atoms with Gasteiger partial charge in [-0.1, -0.05) is 11.6 Å². The van der Waals surface area contributed by atoms with Crippen molar-refractivity contribution < 1.29 is 9.53 Å². The number of halogens is 1. The summed E-state index contributed by atoms with van der Waals surface area (Å²) in [6.07, 6.45) is 0.907. The molecule has 0 saturated carbocycles. The van der Waals surface area contributed by atoms with E-state index in [0.29, 0.717) is 4.88 Å². The zero-order valence-corrected chi connectivity index (χ0v) is 14.9. The topological polar surface area (TPSA) is 29.5 Å². The van der Waals surface area contributed by atoms with Gasteiger partial charge in [0.1, 0.15) is 10.5 Å². The molecule has 1 aromatic carbocycles. The standard InChI is InChI=1S/C17H20ClNO2S/c1-17(2,3)21-16(20)15-11-9-19(4)8-7-10-12(18)5-6-13(22-15)14(10)11/h5-6H,7-9H2,1-4H3. The van der Waals surface area contributed by atoms with E-state index >= 15 is 0 Å². The van der Waals surface area contributed by atoms with Crippen molar-refractivity contribution in [3.63, 3.8) is 0 Å². The number of esters is 1. The number of hydrogen-bond donors (Lipinski definition) is 0. The third-order valence-electron chi connectivity index (χ3n) is 3.76. The Kier molecular flexibility index (Phi) is 3.96. The minimum absolute atomic E-state index is 0.235. The van der Waals surface area contributed by atoms with Crippen molar-refractivity contribution in [3.8, 4) is 0 Å². The van der Waals surface area contributed by atoms with Gasteiger partial charge in [0.15, 0.2) is 0 Å². The Bertz CT molecular complexity index is 745. The van der Waals surface area contributed by atoms with Crippen LogP contribution >= 0.6 is 22.9 Å². The Morgan fingerprint density at radius 1 is 1.32 bits per heavy atom. The number of benzene rings is 1. The highest BCUT2D eigenvalue weighted by Crippen LogP contribution is 2.39. The van der Waals surface area contributed by atoms with Crippen LogP contribution in [-0.4, -0.2) is 30.1 Å². The highest BCUT2D eigenvalue weighted by atomic mass is 35.5. The van der Waals surface area contributed by atoms with E-state index in [1.807, 2.05) is 32.9 Å². The summed E-state index contributed by atoms with van der Waals surface area (Å²) in [5.41, 5.74) is 1.73. The lowest BCUT2D eigenvalue weighted by molar-refractivity contribution is 0.00737. The van der Waals surface area contributed by atoms with Crippen LogP contribution in [0.25, 0.3) is 10.1 Å². The van der Waals surface area contributed by atoms with E-state index in [-0.39, 0.29) is 5.97 Å². The number of carbonyl (C=O) groups excluding carboxylic acids is 1. The number of nitrogens with zero attached hydrogens (tertiary/aromatic N) is 1. The molecule has 0 N–H and O–H groups in total. The number of thiophene rings is 1. The summed E-state index contributed by atoms with van der Waals surface area (Å²) in [5, 5.41) is 1.94. The molecule has 118 valence electrons. The van der Waals surface area contributed by atoms with Crippen LogP contribution in [0.5, 0.6) is 0 Å². The normalized spacial score (nSPS) is 15.9. The van der Waals surface area contributed by atoms with Gasteiger partial charge in [-0.05, 0) is 57.5 Å². The van der Waals surface area contributed by atoms with Gasteiger partial charge in [-0.25, -0.2) is 4.79 Å². The molecule has 1 aromatic heterocycles. The lowest BCUT2D eigenvalue weighted by atomic mass is 10.0. The monoisotopic (exact) mass is 337 g/mol. The van der Waals surface area contributed by atoms with Gasteiger partial charge in [0, 0.05) is 28.2 Å². The molecule has 0 atom stereocenters. The van der Waals surface area contributed by atoms with E-state index in [9.17, 15) is 4.79 Å². The van der Waals surface area contributed by atoms with Gasteiger partial charge < -0.3 is 9.64 Å². The zero-order chi connectivity index (χ0) is 16.1. The quantitative estimate of drug-likeness (QED) is 0.718. The number of carbonyl (C=O) groups is 1. The van der Waals surface area contributed by atoms with Crippen LogP contribution in [0.4, 0.5) is 0 Å². The van der Waals surface area contributed by atoms with Gasteiger partial charge in [-0.15, -0.1) is 11.3 Å². The van der Waals surface area contributed by atoms with E-state index < -0.39 is 5.60 Å². The number of rotatable bonds is 1. The second-order valence-electron chi connectivity index (χ2n) is 6.80. The average Bonchev–Trinajstić information content (AvgIpc) is 2.65. The molecule has 3 nitrogen and oxygen atoms in total. The van der Waals surface area contributed by atoms with Crippen molar-refractivity contribution in [2.75, 3.05) is 13.6 Å². The Labute approximate surface area is 139 Å². The molecule has 3 rings (SSSR count). The minimum atomic E-state index is -0.489. The molecule has 1 aliphatic rings. The molecular weight excluding hydrogens is 318 g/mol. The van der Waals surface area contributed by atoms with Crippen LogP contribution < -0.4 is 0 Å². The molecule has 0 aliphatic carbocycles. The average molecular weight is 338 g/mol. The van der Waals surface area contributed by atoms with Crippen molar-refractivity contribution in [3.05, 3.63) is 33.2 Å². The van der Waals surface area contributed by atoms with Crippen molar-refractivity contribution in [2.24, 2.45) is 0 Å².